The Balaban J connectivity index is 1.66. The molecule has 0 aromatic heterocycles. The van der Waals surface area contributed by atoms with E-state index in [-0.39, 0.29) is 44.7 Å². The number of ether oxygens (including phenoxy) is 1. The van der Waals surface area contributed by atoms with Gasteiger partial charge in [0.25, 0.3) is 10.2 Å². The number of hydrogen-bond donors (Lipinski definition) is 0. The van der Waals surface area contributed by atoms with Crippen LogP contribution in [-0.4, -0.2) is 105 Å². The number of halogens is 1. The summed E-state index contributed by atoms with van der Waals surface area (Å²) in [6.07, 6.45) is 0.760. The minimum absolute atomic E-state index is 0.0333. The molecule has 0 spiro atoms. The number of carbonyl (C=O) groups excluding carboxylic acids is 2. The molecule has 10 nitrogen and oxygen atoms in total. The van der Waals surface area contributed by atoms with Gasteiger partial charge in [0.05, 0.1) is 19.1 Å². The number of hydrogen-bond acceptors (Lipinski definition) is 6. The third kappa shape index (κ3) is 8.06. The SMILES string of the molecule is CC(=O)N1CCCN(Cc2ccccc2)CCN(C(=O)C2COCCN(S(=O)(=O)N(C)C)C2)Cc2cc(Cl)ccc21. The third-order valence-electron chi connectivity index (χ3n) is 7.54. The zero-order valence-electron chi connectivity index (χ0n) is 24.0. The Labute approximate surface area is 248 Å². The molecule has 2 aromatic carbocycles. The highest BCUT2D eigenvalue weighted by Gasteiger charge is 2.35. The molecule has 2 aromatic rings. The molecule has 1 fully saturated rings. The van der Waals surface area contributed by atoms with Crippen LogP contribution in [0.3, 0.4) is 0 Å². The molecule has 0 radical (unpaired) electrons. The average molecular weight is 606 g/mol. The molecule has 0 N–H and O–H groups in total. The van der Waals surface area contributed by atoms with Crippen LogP contribution in [0, 0.1) is 5.92 Å². The fraction of sp³-hybridized carbons (Fsp3) is 0.517. The van der Waals surface area contributed by atoms with Gasteiger partial charge in [-0.2, -0.15) is 17.0 Å². The number of carbonyl (C=O) groups is 2. The van der Waals surface area contributed by atoms with E-state index in [4.69, 9.17) is 16.3 Å². The molecule has 2 aliphatic heterocycles. The zero-order valence-corrected chi connectivity index (χ0v) is 25.6. The highest BCUT2D eigenvalue weighted by Crippen LogP contribution is 2.28. The molecule has 0 aliphatic carbocycles. The molecule has 4 rings (SSSR count). The van der Waals surface area contributed by atoms with Crippen LogP contribution in [0.15, 0.2) is 48.5 Å². The molecule has 224 valence electrons. The number of nitrogens with zero attached hydrogens (tertiary/aromatic N) is 5. The Hall–Kier alpha value is -2.54. The van der Waals surface area contributed by atoms with E-state index in [1.54, 1.807) is 28.9 Å². The molecule has 1 atom stereocenters. The van der Waals surface area contributed by atoms with Crippen LogP contribution in [0.4, 0.5) is 5.69 Å². The van der Waals surface area contributed by atoms with E-state index in [1.165, 1.54) is 24.0 Å². The van der Waals surface area contributed by atoms with E-state index in [2.05, 4.69) is 17.0 Å². The van der Waals surface area contributed by atoms with Crippen LogP contribution < -0.4 is 4.90 Å². The van der Waals surface area contributed by atoms with Crippen molar-refractivity contribution < 1.29 is 22.7 Å². The Morgan fingerprint density at radius 3 is 2.49 bits per heavy atom. The second-order valence-corrected chi connectivity index (χ2v) is 13.3. The van der Waals surface area contributed by atoms with Crippen molar-refractivity contribution in [2.45, 2.75) is 26.4 Å². The van der Waals surface area contributed by atoms with Crippen LogP contribution in [0.2, 0.25) is 5.02 Å². The first-order valence-electron chi connectivity index (χ1n) is 13.9. The standard InChI is InChI=1S/C29H40ClN5O5S/c1-23(36)35-13-7-12-32(19-24-8-5-4-6-9-24)14-15-33(20-25-18-27(30)10-11-28(25)35)29(37)26-21-34(16-17-40-22-26)41(38,39)31(2)3/h4-6,8-11,18,26H,7,12-17,19-22H2,1-3H3. The molecule has 2 aliphatic rings. The Morgan fingerprint density at radius 1 is 1.02 bits per heavy atom. The van der Waals surface area contributed by atoms with Gasteiger partial charge in [0.15, 0.2) is 0 Å². The van der Waals surface area contributed by atoms with Crippen molar-refractivity contribution in [3.8, 4) is 0 Å². The smallest absolute Gasteiger partial charge is 0.281 e. The van der Waals surface area contributed by atoms with Crippen LogP contribution in [0.25, 0.3) is 0 Å². The van der Waals surface area contributed by atoms with E-state index in [1.807, 2.05) is 24.3 Å². The van der Waals surface area contributed by atoms with E-state index >= 15 is 0 Å². The van der Waals surface area contributed by atoms with Gasteiger partial charge in [0, 0.05) is 84.1 Å². The number of rotatable bonds is 5. The maximum atomic E-state index is 14.2. The molecule has 0 saturated carbocycles. The highest BCUT2D eigenvalue weighted by atomic mass is 35.5. The van der Waals surface area contributed by atoms with Crippen LogP contribution in [0.5, 0.6) is 0 Å². The Bertz CT molecular complexity index is 1310. The van der Waals surface area contributed by atoms with E-state index < -0.39 is 16.1 Å². The summed E-state index contributed by atoms with van der Waals surface area (Å²) in [6.45, 7) is 5.37. The summed E-state index contributed by atoms with van der Waals surface area (Å²) in [4.78, 5) is 32.7. The predicted octanol–water partition coefficient (Wildman–Crippen LogP) is 2.68. The molecule has 0 bridgehead atoms. The number of amides is 2. The zero-order chi connectivity index (χ0) is 29.6. The first-order chi connectivity index (χ1) is 19.6. The van der Waals surface area contributed by atoms with Crippen LogP contribution in [-0.2, 0) is 37.6 Å². The lowest BCUT2D eigenvalue weighted by molar-refractivity contribution is -0.138. The lowest BCUT2D eigenvalue weighted by Crippen LogP contribution is -2.47. The van der Waals surface area contributed by atoms with Crippen LogP contribution in [0.1, 0.15) is 24.5 Å². The minimum Gasteiger partial charge on any atom is -0.379 e. The minimum atomic E-state index is -3.72. The van der Waals surface area contributed by atoms with Gasteiger partial charge in [-0.05, 0) is 35.7 Å². The number of benzene rings is 2. The Kier molecular flexibility index (Phi) is 10.8. The van der Waals surface area contributed by atoms with E-state index in [9.17, 15) is 18.0 Å². The van der Waals surface area contributed by atoms with Crippen LogP contribution >= 0.6 is 11.6 Å². The molecule has 1 saturated heterocycles. The molecule has 41 heavy (non-hydrogen) atoms. The first-order valence-corrected chi connectivity index (χ1v) is 15.7. The molecule has 2 amide bonds. The molecular weight excluding hydrogens is 566 g/mol. The normalized spacial score (nSPS) is 20.3. The van der Waals surface area contributed by atoms with Gasteiger partial charge in [-0.25, -0.2) is 0 Å². The van der Waals surface area contributed by atoms with E-state index in [0.29, 0.717) is 31.2 Å². The van der Waals surface area contributed by atoms with Gasteiger partial charge in [-0.15, -0.1) is 0 Å². The van der Waals surface area contributed by atoms with E-state index in [0.717, 1.165) is 28.5 Å². The summed E-state index contributed by atoms with van der Waals surface area (Å²) in [5.74, 6) is -0.946. The average Bonchev–Trinajstić information content (AvgIpc) is 3.21. The van der Waals surface area contributed by atoms with Gasteiger partial charge in [0.2, 0.25) is 11.8 Å². The van der Waals surface area contributed by atoms with Crippen molar-refractivity contribution in [1.82, 2.24) is 18.4 Å². The summed E-state index contributed by atoms with van der Waals surface area (Å²) in [5.41, 5.74) is 2.66. The van der Waals surface area contributed by atoms with Gasteiger partial charge in [0.1, 0.15) is 0 Å². The summed E-state index contributed by atoms with van der Waals surface area (Å²) in [6, 6.07) is 15.6. The summed E-state index contributed by atoms with van der Waals surface area (Å²) < 4.78 is 34.1. The Morgan fingerprint density at radius 2 is 1.78 bits per heavy atom. The van der Waals surface area contributed by atoms with Crippen molar-refractivity contribution in [1.29, 1.82) is 0 Å². The fourth-order valence-electron chi connectivity index (χ4n) is 5.32. The lowest BCUT2D eigenvalue weighted by atomic mass is 10.1. The van der Waals surface area contributed by atoms with Crippen molar-refractivity contribution in [2.24, 2.45) is 5.92 Å². The summed E-state index contributed by atoms with van der Waals surface area (Å²) >= 11 is 6.40. The maximum Gasteiger partial charge on any atom is 0.281 e. The molecule has 2 heterocycles. The largest absolute Gasteiger partial charge is 0.379 e. The predicted molar refractivity (Wildman–Crippen MR) is 160 cm³/mol. The van der Waals surface area contributed by atoms with Crippen molar-refractivity contribution >= 4 is 39.3 Å². The maximum absolute atomic E-state index is 14.2. The van der Waals surface area contributed by atoms with Crippen molar-refractivity contribution in [3.05, 3.63) is 64.7 Å². The topological polar surface area (TPSA) is 93.7 Å². The molecule has 1 unspecified atom stereocenters. The summed E-state index contributed by atoms with van der Waals surface area (Å²) in [7, 11) is -0.756. The first kappa shape index (κ1) is 31.4. The number of anilines is 1. The van der Waals surface area contributed by atoms with Crippen molar-refractivity contribution in [2.75, 3.05) is 71.5 Å². The monoisotopic (exact) mass is 605 g/mol. The number of fused-ring (bicyclic) bond motifs is 1. The van der Waals surface area contributed by atoms with Gasteiger partial charge in [-0.3, -0.25) is 14.5 Å². The van der Waals surface area contributed by atoms with Gasteiger partial charge < -0.3 is 14.5 Å². The lowest BCUT2D eigenvalue weighted by Gasteiger charge is -2.32. The summed E-state index contributed by atoms with van der Waals surface area (Å²) in [5, 5.41) is 0.515. The van der Waals surface area contributed by atoms with Gasteiger partial charge in [-0.1, -0.05) is 41.9 Å². The third-order valence-corrected chi connectivity index (χ3v) is 9.68. The highest BCUT2D eigenvalue weighted by molar-refractivity contribution is 7.86. The van der Waals surface area contributed by atoms with Gasteiger partial charge >= 0.3 is 0 Å². The molecular formula is C29H40ClN5O5S. The molecule has 12 heteroatoms. The second kappa shape index (κ2) is 14.1. The fourth-order valence-corrected chi connectivity index (χ4v) is 6.65. The second-order valence-electron chi connectivity index (χ2n) is 10.7. The van der Waals surface area contributed by atoms with Crippen molar-refractivity contribution in [3.63, 3.8) is 0 Å². The quantitative estimate of drug-likeness (QED) is 0.520.